The molecule has 2 nitrogen and oxygen atoms in total. The van der Waals surface area contributed by atoms with Crippen LogP contribution in [0.3, 0.4) is 0 Å². The van der Waals surface area contributed by atoms with E-state index < -0.39 is 0 Å². The number of nitrogens with two attached hydrogens (primary N) is 1. The zero-order valence-corrected chi connectivity index (χ0v) is 9.03. The minimum Gasteiger partial charge on any atom is -0.325 e. The maximum absolute atomic E-state index is 5.64. The lowest BCUT2D eigenvalue weighted by Crippen LogP contribution is -2.01. The van der Waals surface area contributed by atoms with Gasteiger partial charge in [-0.3, -0.25) is 4.98 Å². The smallest absolute Gasteiger partial charge is 0.0708 e. The summed E-state index contributed by atoms with van der Waals surface area (Å²) in [6, 6.07) is 10.4. The first-order valence-electron chi connectivity index (χ1n) is 5.42. The van der Waals surface area contributed by atoms with Gasteiger partial charge in [-0.05, 0) is 24.1 Å². The Morgan fingerprint density at radius 3 is 2.80 bits per heavy atom. The lowest BCUT2D eigenvalue weighted by atomic mass is 10.0. The summed E-state index contributed by atoms with van der Waals surface area (Å²) in [6.45, 7) is 2.71. The van der Waals surface area contributed by atoms with Crippen molar-refractivity contribution in [2.24, 2.45) is 5.73 Å². The summed E-state index contributed by atoms with van der Waals surface area (Å²) in [5, 5.41) is 1.26. The molecule has 0 radical (unpaired) electrons. The molecule has 2 rings (SSSR count). The van der Waals surface area contributed by atoms with E-state index in [4.69, 9.17) is 5.73 Å². The lowest BCUT2D eigenvalue weighted by molar-refractivity contribution is 0.915. The molecule has 78 valence electrons. The van der Waals surface area contributed by atoms with E-state index in [1.807, 2.05) is 12.1 Å². The van der Waals surface area contributed by atoms with Crippen molar-refractivity contribution in [2.45, 2.75) is 26.3 Å². The normalized spacial score (nSPS) is 10.8. The summed E-state index contributed by atoms with van der Waals surface area (Å²) in [6.07, 6.45) is 2.24. The Bertz CT molecular complexity index is 463. The van der Waals surface area contributed by atoms with Crippen LogP contribution in [0.5, 0.6) is 0 Å². The second-order valence-electron chi connectivity index (χ2n) is 3.74. The molecule has 2 heteroatoms. The molecule has 0 atom stereocenters. The van der Waals surface area contributed by atoms with E-state index in [2.05, 4.69) is 30.1 Å². The minimum absolute atomic E-state index is 0.515. The van der Waals surface area contributed by atoms with Gasteiger partial charge in [0.2, 0.25) is 0 Å². The van der Waals surface area contributed by atoms with E-state index in [0.29, 0.717) is 6.54 Å². The molecule has 0 saturated heterocycles. The molecule has 0 saturated carbocycles. The van der Waals surface area contributed by atoms with Crippen LogP contribution in [0.15, 0.2) is 30.3 Å². The minimum atomic E-state index is 0.515. The molecule has 1 heterocycles. The van der Waals surface area contributed by atoms with E-state index in [-0.39, 0.29) is 0 Å². The fourth-order valence-corrected chi connectivity index (χ4v) is 1.89. The maximum Gasteiger partial charge on any atom is 0.0708 e. The molecule has 15 heavy (non-hydrogen) atoms. The number of aromatic nitrogens is 1. The molecule has 0 fully saturated rings. The van der Waals surface area contributed by atoms with E-state index >= 15 is 0 Å². The lowest BCUT2D eigenvalue weighted by Gasteiger charge is -2.07. The average molecular weight is 200 g/mol. The Labute approximate surface area is 90.1 Å². The number of benzene rings is 1. The van der Waals surface area contributed by atoms with Crippen molar-refractivity contribution in [3.05, 3.63) is 41.6 Å². The first-order valence-corrected chi connectivity index (χ1v) is 5.42. The molecular weight excluding hydrogens is 184 g/mol. The fraction of sp³-hybridized carbons (Fsp3) is 0.308. The molecule has 0 aliphatic carbocycles. The predicted octanol–water partition coefficient (Wildman–Crippen LogP) is 2.65. The first kappa shape index (κ1) is 10.1. The molecule has 0 bridgehead atoms. The highest BCUT2D eigenvalue weighted by molar-refractivity contribution is 5.82. The van der Waals surface area contributed by atoms with Gasteiger partial charge in [0.15, 0.2) is 0 Å². The highest BCUT2D eigenvalue weighted by Crippen LogP contribution is 2.19. The zero-order chi connectivity index (χ0) is 10.7. The second kappa shape index (κ2) is 4.41. The molecule has 0 spiro atoms. The third-order valence-corrected chi connectivity index (χ3v) is 2.58. The van der Waals surface area contributed by atoms with Gasteiger partial charge in [0.05, 0.1) is 11.2 Å². The van der Waals surface area contributed by atoms with Gasteiger partial charge < -0.3 is 5.73 Å². The number of pyridine rings is 1. The largest absolute Gasteiger partial charge is 0.325 e. The van der Waals surface area contributed by atoms with Crippen LogP contribution in [0.4, 0.5) is 0 Å². The van der Waals surface area contributed by atoms with E-state index in [9.17, 15) is 0 Å². The molecule has 1 aromatic heterocycles. The summed E-state index contributed by atoms with van der Waals surface area (Å²) >= 11 is 0. The standard InChI is InChI=1S/C13H16N2/c1-2-5-10-8-11(9-14)15-13-7-4-3-6-12(10)13/h3-4,6-8H,2,5,9,14H2,1H3. The Kier molecular flexibility index (Phi) is 2.97. The predicted molar refractivity (Wildman–Crippen MR) is 63.6 cm³/mol. The van der Waals surface area contributed by atoms with Gasteiger partial charge in [0, 0.05) is 11.9 Å². The van der Waals surface area contributed by atoms with Gasteiger partial charge in [0.25, 0.3) is 0 Å². The van der Waals surface area contributed by atoms with Gasteiger partial charge in [0.1, 0.15) is 0 Å². The molecule has 0 aliphatic heterocycles. The van der Waals surface area contributed by atoms with Gasteiger partial charge in [-0.2, -0.15) is 0 Å². The summed E-state index contributed by atoms with van der Waals surface area (Å²) in [5.74, 6) is 0. The van der Waals surface area contributed by atoms with E-state index in [1.165, 1.54) is 10.9 Å². The molecule has 2 N–H and O–H groups in total. The molecule has 2 aromatic rings. The maximum atomic E-state index is 5.64. The Hall–Kier alpha value is -1.41. The Balaban J connectivity index is 2.63. The quantitative estimate of drug-likeness (QED) is 0.827. The fourth-order valence-electron chi connectivity index (χ4n) is 1.89. The third-order valence-electron chi connectivity index (χ3n) is 2.58. The zero-order valence-electron chi connectivity index (χ0n) is 9.03. The summed E-state index contributed by atoms with van der Waals surface area (Å²) in [4.78, 5) is 4.51. The van der Waals surface area contributed by atoms with Crippen molar-refractivity contribution >= 4 is 10.9 Å². The molecule has 0 amide bonds. The summed E-state index contributed by atoms with van der Waals surface area (Å²) < 4.78 is 0. The highest BCUT2D eigenvalue weighted by Gasteiger charge is 2.03. The summed E-state index contributed by atoms with van der Waals surface area (Å²) in [5.41, 5.74) is 9.05. The van der Waals surface area contributed by atoms with Crippen LogP contribution in [0.25, 0.3) is 10.9 Å². The number of aryl methyl sites for hydroxylation is 1. The third kappa shape index (κ3) is 2.00. The number of para-hydroxylation sites is 1. The second-order valence-corrected chi connectivity index (χ2v) is 3.74. The van der Waals surface area contributed by atoms with Crippen LogP contribution in [-0.4, -0.2) is 4.98 Å². The van der Waals surface area contributed by atoms with Gasteiger partial charge >= 0.3 is 0 Å². The van der Waals surface area contributed by atoms with Crippen LogP contribution >= 0.6 is 0 Å². The SMILES string of the molecule is CCCc1cc(CN)nc2ccccc12. The number of rotatable bonds is 3. The van der Waals surface area contributed by atoms with Gasteiger partial charge in [-0.1, -0.05) is 31.5 Å². The summed E-state index contributed by atoms with van der Waals surface area (Å²) in [7, 11) is 0. The van der Waals surface area contributed by atoms with Gasteiger partial charge in [-0.15, -0.1) is 0 Å². The van der Waals surface area contributed by atoms with Crippen molar-refractivity contribution in [1.29, 1.82) is 0 Å². The Morgan fingerprint density at radius 2 is 2.07 bits per heavy atom. The average Bonchev–Trinajstić information content (AvgIpc) is 2.29. The number of hydrogen-bond donors (Lipinski definition) is 1. The molecule has 0 unspecified atom stereocenters. The van der Waals surface area contributed by atoms with Crippen LogP contribution in [0, 0.1) is 0 Å². The van der Waals surface area contributed by atoms with Gasteiger partial charge in [-0.25, -0.2) is 0 Å². The van der Waals surface area contributed by atoms with Crippen LogP contribution in [0.2, 0.25) is 0 Å². The number of fused-ring (bicyclic) bond motifs is 1. The first-order chi connectivity index (χ1) is 7.35. The van der Waals surface area contributed by atoms with E-state index in [0.717, 1.165) is 24.1 Å². The van der Waals surface area contributed by atoms with Crippen molar-refractivity contribution in [3.8, 4) is 0 Å². The van der Waals surface area contributed by atoms with E-state index in [1.54, 1.807) is 0 Å². The highest BCUT2D eigenvalue weighted by atomic mass is 14.7. The van der Waals surface area contributed by atoms with Crippen molar-refractivity contribution in [2.75, 3.05) is 0 Å². The van der Waals surface area contributed by atoms with Crippen molar-refractivity contribution in [1.82, 2.24) is 4.98 Å². The molecule has 0 aliphatic rings. The Morgan fingerprint density at radius 1 is 1.27 bits per heavy atom. The van der Waals surface area contributed by atoms with Crippen molar-refractivity contribution in [3.63, 3.8) is 0 Å². The molecule has 1 aromatic carbocycles. The van der Waals surface area contributed by atoms with Crippen LogP contribution in [0.1, 0.15) is 24.6 Å². The monoisotopic (exact) mass is 200 g/mol. The van der Waals surface area contributed by atoms with Crippen molar-refractivity contribution < 1.29 is 0 Å². The molecular formula is C13H16N2. The topological polar surface area (TPSA) is 38.9 Å². The number of hydrogen-bond acceptors (Lipinski definition) is 2. The van der Waals surface area contributed by atoms with Crippen LogP contribution in [-0.2, 0) is 13.0 Å². The number of nitrogens with zero attached hydrogens (tertiary/aromatic N) is 1. The van der Waals surface area contributed by atoms with Crippen LogP contribution < -0.4 is 5.73 Å².